The molecule has 7 nitrogen and oxygen atoms in total. The van der Waals surface area contributed by atoms with Crippen LogP contribution in [0.3, 0.4) is 0 Å². The molecule has 3 aromatic rings. The van der Waals surface area contributed by atoms with Crippen LogP contribution in [-0.4, -0.2) is 41.9 Å². The summed E-state index contributed by atoms with van der Waals surface area (Å²) in [4.78, 5) is 25.4. The minimum absolute atomic E-state index is 0.0481. The van der Waals surface area contributed by atoms with E-state index in [2.05, 4.69) is 15.7 Å². The predicted octanol–water partition coefficient (Wildman–Crippen LogP) is 2.80. The molecular weight excluding hydrogens is 388 g/mol. The molecule has 29 heavy (non-hydrogen) atoms. The zero-order chi connectivity index (χ0) is 20.2. The lowest BCUT2D eigenvalue weighted by molar-refractivity contribution is -0.122. The second-order valence-electron chi connectivity index (χ2n) is 6.75. The first kappa shape index (κ1) is 19.5. The van der Waals surface area contributed by atoms with Crippen LogP contribution in [-0.2, 0) is 27.6 Å². The molecule has 2 amide bonds. The maximum atomic E-state index is 13.1. The smallest absolute Gasteiger partial charge is 0.257 e. The van der Waals surface area contributed by atoms with E-state index >= 15 is 0 Å². The largest absolute Gasteiger partial charge is 0.383 e. The molecule has 2 N–H and O–H groups in total. The second kappa shape index (κ2) is 8.67. The van der Waals surface area contributed by atoms with Gasteiger partial charge in [0.2, 0.25) is 5.91 Å². The zero-order valence-electron chi connectivity index (χ0n) is 16.1. The highest BCUT2D eigenvalue weighted by atomic mass is 32.2. The van der Waals surface area contributed by atoms with Crippen LogP contribution in [0.25, 0.3) is 10.8 Å². The number of methoxy groups -OCH3 is 1. The summed E-state index contributed by atoms with van der Waals surface area (Å²) >= 11 is 1.75. The summed E-state index contributed by atoms with van der Waals surface area (Å²) < 4.78 is 6.55. The van der Waals surface area contributed by atoms with Crippen molar-refractivity contribution in [3.63, 3.8) is 0 Å². The second-order valence-corrected chi connectivity index (χ2v) is 7.73. The Morgan fingerprint density at radius 1 is 1.17 bits per heavy atom. The first-order valence-electron chi connectivity index (χ1n) is 9.38. The highest BCUT2D eigenvalue weighted by molar-refractivity contribution is 7.98. The summed E-state index contributed by atoms with van der Waals surface area (Å²) in [7, 11) is 1.59. The first-order chi connectivity index (χ1) is 14.2. The molecule has 0 saturated heterocycles. The van der Waals surface area contributed by atoms with E-state index in [4.69, 9.17) is 4.74 Å². The van der Waals surface area contributed by atoms with E-state index < -0.39 is 0 Å². The third kappa shape index (κ3) is 4.13. The van der Waals surface area contributed by atoms with E-state index in [1.54, 1.807) is 23.6 Å². The van der Waals surface area contributed by atoms with Crippen molar-refractivity contribution in [1.82, 2.24) is 15.1 Å². The molecular formula is C21H22N4O3S. The van der Waals surface area contributed by atoms with Crippen molar-refractivity contribution in [2.45, 2.75) is 18.1 Å². The van der Waals surface area contributed by atoms with Crippen molar-refractivity contribution in [3.05, 3.63) is 59.3 Å². The van der Waals surface area contributed by atoms with Gasteiger partial charge in [0.15, 0.2) is 0 Å². The number of anilines is 1. The van der Waals surface area contributed by atoms with Crippen LogP contribution in [0, 0.1) is 0 Å². The molecule has 150 valence electrons. The number of fused-ring (bicyclic) bond motifs is 2. The summed E-state index contributed by atoms with van der Waals surface area (Å²) in [5, 5.41) is 12.3. The fourth-order valence-electron chi connectivity index (χ4n) is 3.40. The first-order valence-corrected chi connectivity index (χ1v) is 10.5. The van der Waals surface area contributed by atoms with Crippen LogP contribution in [0.15, 0.2) is 42.5 Å². The minimum Gasteiger partial charge on any atom is -0.383 e. The molecule has 8 heteroatoms. The topological polar surface area (TPSA) is 85.2 Å². The number of hydrogen-bond acceptors (Lipinski definition) is 5. The van der Waals surface area contributed by atoms with Crippen molar-refractivity contribution in [2.24, 2.45) is 0 Å². The van der Waals surface area contributed by atoms with Crippen molar-refractivity contribution in [3.8, 4) is 0 Å². The fraction of sp³-hybridized carbons (Fsp3) is 0.286. The maximum Gasteiger partial charge on any atom is 0.257 e. The van der Waals surface area contributed by atoms with Gasteiger partial charge >= 0.3 is 0 Å². The number of aromatic nitrogens is 2. The van der Waals surface area contributed by atoms with Crippen LogP contribution in [0.2, 0.25) is 0 Å². The average molecular weight is 410 g/mol. The van der Waals surface area contributed by atoms with Gasteiger partial charge in [0.25, 0.3) is 5.91 Å². The molecule has 0 saturated carbocycles. The SMILES string of the molecule is COCCNC(=O)Cn1nc2c(c1NC(=O)c1cccc3ccccc13)CSC2. The van der Waals surface area contributed by atoms with Gasteiger partial charge in [-0.15, -0.1) is 0 Å². The van der Waals surface area contributed by atoms with Crippen molar-refractivity contribution in [1.29, 1.82) is 0 Å². The van der Waals surface area contributed by atoms with E-state index in [9.17, 15) is 9.59 Å². The lowest BCUT2D eigenvalue weighted by Crippen LogP contribution is -2.31. The molecule has 0 radical (unpaired) electrons. The Bertz CT molecular complexity index is 1060. The molecule has 0 unspecified atom stereocenters. The number of thioether (sulfide) groups is 1. The van der Waals surface area contributed by atoms with Gasteiger partial charge in [0.1, 0.15) is 12.4 Å². The summed E-state index contributed by atoms with van der Waals surface area (Å²) in [5.74, 6) is 1.78. The third-order valence-electron chi connectivity index (χ3n) is 4.81. The number of carbonyl (C=O) groups is 2. The summed E-state index contributed by atoms with van der Waals surface area (Å²) in [6, 6.07) is 13.4. The lowest BCUT2D eigenvalue weighted by atomic mass is 10.0. The highest BCUT2D eigenvalue weighted by Gasteiger charge is 2.25. The number of nitrogens with zero attached hydrogens (tertiary/aromatic N) is 2. The van der Waals surface area contributed by atoms with Gasteiger partial charge in [-0.2, -0.15) is 16.9 Å². The minimum atomic E-state index is -0.206. The third-order valence-corrected chi connectivity index (χ3v) is 5.78. The Kier molecular flexibility index (Phi) is 5.82. The summed E-state index contributed by atoms with van der Waals surface area (Å²) in [6.45, 7) is 0.930. The molecule has 1 aliphatic rings. The number of ether oxygens (including phenoxy) is 1. The van der Waals surface area contributed by atoms with E-state index in [0.29, 0.717) is 24.5 Å². The number of benzene rings is 2. The van der Waals surface area contributed by atoms with Gasteiger partial charge in [-0.1, -0.05) is 36.4 Å². The number of carbonyl (C=O) groups excluding carboxylic acids is 2. The standard InChI is InChI=1S/C21H22N4O3S/c1-28-10-9-22-19(26)11-25-20(17-12-29-13-18(17)24-25)23-21(27)16-8-4-6-14-5-2-3-7-15(14)16/h2-8H,9-13H2,1H3,(H,22,26)(H,23,27). The van der Waals surface area contributed by atoms with Crippen LogP contribution < -0.4 is 10.6 Å². The van der Waals surface area contributed by atoms with Gasteiger partial charge < -0.3 is 15.4 Å². The Morgan fingerprint density at radius 2 is 2.00 bits per heavy atom. The average Bonchev–Trinajstić information content (AvgIpc) is 3.30. The summed E-state index contributed by atoms with van der Waals surface area (Å²) in [5.41, 5.74) is 2.51. The zero-order valence-corrected chi connectivity index (χ0v) is 16.9. The van der Waals surface area contributed by atoms with Gasteiger partial charge in [-0.05, 0) is 16.8 Å². The Hall–Kier alpha value is -2.84. The van der Waals surface area contributed by atoms with E-state index in [1.807, 2.05) is 42.5 Å². The van der Waals surface area contributed by atoms with Crippen LogP contribution in [0.1, 0.15) is 21.6 Å². The van der Waals surface area contributed by atoms with Gasteiger partial charge in [-0.3, -0.25) is 9.59 Å². The molecule has 2 aromatic carbocycles. The number of nitrogens with one attached hydrogen (secondary N) is 2. The summed E-state index contributed by atoms with van der Waals surface area (Å²) in [6.07, 6.45) is 0. The maximum absolute atomic E-state index is 13.1. The van der Waals surface area contributed by atoms with Crippen LogP contribution in [0.4, 0.5) is 5.82 Å². The van der Waals surface area contributed by atoms with E-state index in [0.717, 1.165) is 33.5 Å². The number of rotatable bonds is 7. The molecule has 0 bridgehead atoms. The van der Waals surface area contributed by atoms with Crippen molar-refractivity contribution in [2.75, 3.05) is 25.6 Å². The Morgan fingerprint density at radius 3 is 2.86 bits per heavy atom. The van der Waals surface area contributed by atoms with Crippen LogP contribution >= 0.6 is 11.8 Å². The predicted molar refractivity (Wildman–Crippen MR) is 114 cm³/mol. The molecule has 1 aromatic heterocycles. The van der Waals surface area contributed by atoms with Crippen molar-refractivity contribution >= 4 is 40.2 Å². The van der Waals surface area contributed by atoms with E-state index in [-0.39, 0.29) is 18.4 Å². The van der Waals surface area contributed by atoms with Gasteiger partial charge in [-0.25, -0.2) is 4.68 Å². The normalized spacial score (nSPS) is 12.7. The number of hydrogen-bond donors (Lipinski definition) is 2. The van der Waals surface area contributed by atoms with E-state index in [1.165, 1.54) is 0 Å². The molecule has 2 heterocycles. The number of amides is 2. The quantitative estimate of drug-likeness (QED) is 0.585. The van der Waals surface area contributed by atoms with Gasteiger partial charge in [0.05, 0.1) is 12.3 Å². The highest BCUT2D eigenvalue weighted by Crippen LogP contribution is 2.35. The lowest BCUT2D eigenvalue weighted by Gasteiger charge is -2.12. The fourth-order valence-corrected chi connectivity index (χ4v) is 4.44. The van der Waals surface area contributed by atoms with Gasteiger partial charge in [0, 0.05) is 36.3 Å². The molecule has 4 rings (SSSR count). The Balaban J connectivity index is 1.59. The molecule has 0 spiro atoms. The monoisotopic (exact) mass is 410 g/mol. The van der Waals surface area contributed by atoms with Crippen molar-refractivity contribution < 1.29 is 14.3 Å². The molecule has 1 aliphatic heterocycles. The molecule has 0 atom stereocenters. The van der Waals surface area contributed by atoms with Crippen LogP contribution in [0.5, 0.6) is 0 Å². The molecule has 0 fully saturated rings. The molecule has 0 aliphatic carbocycles. The Labute approximate surface area is 172 Å².